The second kappa shape index (κ2) is 5.73. The van der Waals surface area contributed by atoms with Crippen LogP contribution >= 0.6 is 11.8 Å². The molecule has 1 N–H and O–H groups in total. The van der Waals surface area contributed by atoms with E-state index in [2.05, 4.69) is 10.3 Å². The highest BCUT2D eigenvalue weighted by Gasteiger charge is 2.31. The van der Waals surface area contributed by atoms with Crippen molar-refractivity contribution in [3.8, 4) is 6.19 Å². The van der Waals surface area contributed by atoms with Gasteiger partial charge in [0, 0.05) is 0 Å². The first-order valence-corrected chi connectivity index (χ1v) is 5.75. The number of nitriles is 1. The molecule has 0 aliphatic carbocycles. The van der Waals surface area contributed by atoms with Gasteiger partial charge in [0.05, 0.1) is 5.56 Å². The number of benzene rings is 1. The molecule has 0 radical (unpaired) electrons. The van der Waals surface area contributed by atoms with Gasteiger partial charge < -0.3 is 0 Å². The summed E-state index contributed by atoms with van der Waals surface area (Å²) in [7, 11) is 0. The predicted octanol–water partition coefficient (Wildman–Crippen LogP) is 3.27. The fourth-order valence-corrected chi connectivity index (χ4v) is 1.39. The average molecular weight is 277 g/mol. The van der Waals surface area contributed by atoms with Crippen LogP contribution in [0.3, 0.4) is 0 Å². The Kier molecular flexibility index (Phi) is 4.55. The van der Waals surface area contributed by atoms with Gasteiger partial charge in [-0.1, -0.05) is 11.8 Å². The summed E-state index contributed by atoms with van der Waals surface area (Å²) in [5.74, 6) is -0.894. The third kappa shape index (κ3) is 3.63. The van der Waals surface area contributed by atoms with Crippen molar-refractivity contribution in [2.24, 2.45) is 4.99 Å². The molecule has 0 heterocycles. The van der Waals surface area contributed by atoms with Crippen molar-refractivity contribution >= 4 is 22.6 Å². The highest BCUT2D eigenvalue weighted by Crippen LogP contribution is 2.32. The summed E-state index contributed by atoms with van der Waals surface area (Å²) in [4.78, 5) is 3.61. The van der Waals surface area contributed by atoms with E-state index in [4.69, 9.17) is 5.26 Å². The lowest BCUT2D eigenvalue weighted by molar-refractivity contribution is -0.137. The zero-order valence-corrected chi connectivity index (χ0v) is 9.86. The van der Waals surface area contributed by atoms with Crippen molar-refractivity contribution in [1.29, 1.82) is 5.26 Å². The van der Waals surface area contributed by atoms with Gasteiger partial charge in [-0.3, -0.25) is 5.32 Å². The maximum absolute atomic E-state index is 13.3. The van der Waals surface area contributed by atoms with E-state index in [0.717, 1.165) is 11.8 Å². The summed E-state index contributed by atoms with van der Waals surface area (Å²) in [5, 5.41) is 10.5. The van der Waals surface area contributed by atoms with Crippen molar-refractivity contribution < 1.29 is 17.6 Å². The number of thioether (sulfide) groups is 1. The van der Waals surface area contributed by atoms with Crippen LogP contribution in [0.1, 0.15) is 5.56 Å². The number of hydrogen-bond acceptors (Lipinski definition) is 3. The molecule has 0 amide bonds. The van der Waals surface area contributed by atoms with Gasteiger partial charge in [-0.05, 0) is 24.5 Å². The lowest BCUT2D eigenvalue weighted by atomic mass is 10.2. The zero-order valence-electron chi connectivity index (χ0n) is 9.05. The first kappa shape index (κ1) is 14.3. The molecule has 96 valence electrons. The molecule has 0 aliphatic rings. The highest BCUT2D eigenvalue weighted by atomic mass is 32.2. The quantitative estimate of drug-likeness (QED) is 0.282. The summed E-state index contributed by atoms with van der Waals surface area (Å²) in [5.41, 5.74) is -1.48. The Bertz CT molecular complexity index is 505. The molecule has 1 rings (SSSR count). The Hall–Kier alpha value is -1.75. The minimum atomic E-state index is -4.57. The number of aliphatic imine (C=N–C) groups is 1. The van der Waals surface area contributed by atoms with Crippen molar-refractivity contribution in [2.45, 2.75) is 6.18 Å². The zero-order chi connectivity index (χ0) is 13.8. The third-order valence-corrected chi connectivity index (χ3v) is 2.43. The van der Waals surface area contributed by atoms with E-state index in [0.29, 0.717) is 18.2 Å². The van der Waals surface area contributed by atoms with Gasteiger partial charge in [-0.2, -0.15) is 18.4 Å². The summed E-state index contributed by atoms with van der Waals surface area (Å²) in [6.45, 7) is 0. The molecule has 1 aromatic rings. The van der Waals surface area contributed by atoms with Crippen molar-refractivity contribution in [3.05, 3.63) is 29.6 Å². The van der Waals surface area contributed by atoms with E-state index in [1.165, 1.54) is 0 Å². The molecular weight excluding hydrogens is 270 g/mol. The van der Waals surface area contributed by atoms with Gasteiger partial charge in [0.1, 0.15) is 11.5 Å². The Morgan fingerprint density at radius 2 is 2.11 bits per heavy atom. The van der Waals surface area contributed by atoms with Gasteiger partial charge >= 0.3 is 6.18 Å². The molecule has 0 spiro atoms. The number of nitrogens with one attached hydrogen (secondary N) is 1. The lowest BCUT2D eigenvalue weighted by Crippen LogP contribution is -2.12. The number of alkyl halides is 3. The molecule has 18 heavy (non-hydrogen) atoms. The first-order chi connectivity index (χ1) is 8.38. The van der Waals surface area contributed by atoms with E-state index in [-0.39, 0.29) is 5.17 Å². The maximum Gasteiger partial charge on any atom is 0.416 e. The standard InChI is InChI=1S/C10H7F4N3S/c1-18-9(16-5-15)17-8-4-6(10(12,13)14)2-3-7(8)11/h2-4H,1H3,(H,16,17). The second-order valence-electron chi connectivity index (χ2n) is 3.02. The number of amidine groups is 1. The van der Waals surface area contributed by atoms with E-state index < -0.39 is 23.2 Å². The minimum absolute atomic E-state index is 0.00993. The molecule has 0 fully saturated rings. The number of rotatable bonds is 1. The van der Waals surface area contributed by atoms with E-state index in [1.54, 1.807) is 12.4 Å². The maximum atomic E-state index is 13.3. The van der Waals surface area contributed by atoms with E-state index in [9.17, 15) is 17.6 Å². The Morgan fingerprint density at radius 1 is 1.44 bits per heavy atom. The van der Waals surface area contributed by atoms with Crippen LogP contribution in [0.2, 0.25) is 0 Å². The van der Waals surface area contributed by atoms with E-state index in [1.807, 2.05) is 0 Å². The highest BCUT2D eigenvalue weighted by molar-refractivity contribution is 8.13. The molecule has 0 unspecified atom stereocenters. The summed E-state index contributed by atoms with van der Waals surface area (Å²) in [6.07, 6.45) is -1.46. The predicted molar refractivity (Wildman–Crippen MR) is 60.8 cm³/mol. The average Bonchev–Trinajstić information content (AvgIpc) is 2.29. The fourth-order valence-electron chi connectivity index (χ4n) is 1.06. The number of hydrogen-bond donors (Lipinski definition) is 1. The molecule has 0 atom stereocenters. The van der Waals surface area contributed by atoms with Gasteiger partial charge in [-0.25, -0.2) is 9.38 Å². The first-order valence-electron chi connectivity index (χ1n) is 4.53. The number of nitrogens with zero attached hydrogens (tertiary/aromatic N) is 2. The fraction of sp³-hybridized carbons (Fsp3) is 0.200. The summed E-state index contributed by atoms with van der Waals surface area (Å²) >= 11 is 0.980. The largest absolute Gasteiger partial charge is 0.416 e. The van der Waals surface area contributed by atoms with Crippen LogP contribution < -0.4 is 5.32 Å². The van der Waals surface area contributed by atoms with Gasteiger partial charge in [0.15, 0.2) is 11.4 Å². The Balaban J connectivity index is 3.20. The Labute approximate surface area is 105 Å². The van der Waals surface area contributed by atoms with Crippen LogP contribution in [0.4, 0.5) is 23.2 Å². The van der Waals surface area contributed by atoms with Crippen LogP contribution in [0.5, 0.6) is 0 Å². The van der Waals surface area contributed by atoms with Crippen molar-refractivity contribution in [1.82, 2.24) is 5.32 Å². The van der Waals surface area contributed by atoms with Gasteiger partial charge in [0.25, 0.3) is 0 Å². The van der Waals surface area contributed by atoms with Crippen molar-refractivity contribution in [2.75, 3.05) is 6.26 Å². The summed E-state index contributed by atoms with van der Waals surface area (Å²) in [6, 6.07) is 1.90. The molecule has 1 aromatic carbocycles. The van der Waals surface area contributed by atoms with Crippen LogP contribution in [0, 0.1) is 17.3 Å². The lowest BCUT2D eigenvalue weighted by Gasteiger charge is -2.08. The third-order valence-electron chi connectivity index (χ3n) is 1.85. The number of halogens is 4. The van der Waals surface area contributed by atoms with Crippen LogP contribution in [0.15, 0.2) is 23.2 Å². The molecule has 0 aromatic heterocycles. The Morgan fingerprint density at radius 3 is 2.61 bits per heavy atom. The van der Waals surface area contributed by atoms with E-state index >= 15 is 0 Å². The molecular formula is C10H7F4N3S. The normalized spacial score (nSPS) is 12.1. The van der Waals surface area contributed by atoms with Crippen LogP contribution in [-0.2, 0) is 6.18 Å². The molecule has 3 nitrogen and oxygen atoms in total. The topological polar surface area (TPSA) is 48.2 Å². The second-order valence-corrected chi connectivity index (χ2v) is 3.82. The minimum Gasteiger partial charge on any atom is -0.271 e. The molecule has 0 saturated heterocycles. The van der Waals surface area contributed by atoms with Crippen LogP contribution in [0.25, 0.3) is 0 Å². The molecule has 0 bridgehead atoms. The monoisotopic (exact) mass is 277 g/mol. The SMILES string of the molecule is CSC(=Nc1cc(C(F)(F)F)ccc1F)NC#N. The smallest absolute Gasteiger partial charge is 0.271 e. The van der Waals surface area contributed by atoms with Gasteiger partial charge in [-0.15, -0.1) is 0 Å². The molecule has 0 saturated carbocycles. The van der Waals surface area contributed by atoms with Gasteiger partial charge in [0.2, 0.25) is 0 Å². The molecule has 0 aliphatic heterocycles. The van der Waals surface area contributed by atoms with Crippen LogP contribution in [-0.4, -0.2) is 11.4 Å². The summed E-state index contributed by atoms with van der Waals surface area (Å²) < 4.78 is 50.6. The van der Waals surface area contributed by atoms with Crippen molar-refractivity contribution in [3.63, 3.8) is 0 Å². The molecule has 8 heteroatoms.